The Morgan fingerprint density at radius 3 is 2.64 bits per heavy atom. The molecule has 3 rings (SSSR count). The van der Waals surface area contributed by atoms with Crippen molar-refractivity contribution in [3.8, 4) is 17.2 Å². The molecule has 0 aliphatic carbocycles. The lowest BCUT2D eigenvalue weighted by Crippen LogP contribution is -2.29. The van der Waals surface area contributed by atoms with E-state index in [-0.39, 0.29) is 4.90 Å². The highest BCUT2D eigenvalue weighted by Crippen LogP contribution is 2.35. The maximum atomic E-state index is 12.8. The first-order chi connectivity index (χ1) is 11.9. The van der Waals surface area contributed by atoms with Crippen molar-refractivity contribution in [2.45, 2.75) is 4.90 Å². The van der Waals surface area contributed by atoms with Crippen LogP contribution in [0, 0.1) is 0 Å². The molecule has 1 heterocycles. The zero-order valence-electron chi connectivity index (χ0n) is 14.3. The maximum absolute atomic E-state index is 12.8. The van der Waals surface area contributed by atoms with Crippen molar-refractivity contribution >= 4 is 21.4 Å². The summed E-state index contributed by atoms with van der Waals surface area (Å²) in [5.74, 6) is 1.60. The van der Waals surface area contributed by atoms with Gasteiger partial charge >= 0.3 is 0 Å². The summed E-state index contributed by atoms with van der Waals surface area (Å²) < 4.78 is 44.1. The van der Waals surface area contributed by atoms with E-state index in [4.69, 9.17) is 14.2 Å². The number of likely N-dealkylation sites (N-methyl/N-ethyl adjacent to an activating group) is 1. The number of methoxy groups -OCH3 is 2. The highest BCUT2D eigenvalue weighted by molar-refractivity contribution is 7.92. The zero-order chi connectivity index (χ0) is 18.0. The van der Waals surface area contributed by atoms with E-state index >= 15 is 0 Å². The number of rotatable bonds is 5. The fourth-order valence-corrected chi connectivity index (χ4v) is 3.68. The van der Waals surface area contributed by atoms with Gasteiger partial charge in [0.05, 0.1) is 37.0 Å². The number of nitrogens with one attached hydrogen (secondary N) is 1. The van der Waals surface area contributed by atoms with Crippen LogP contribution in [0.4, 0.5) is 11.4 Å². The lowest BCUT2D eigenvalue weighted by atomic mass is 10.2. The zero-order valence-corrected chi connectivity index (χ0v) is 15.1. The van der Waals surface area contributed by atoms with Crippen molar-refractivity contribution in [3.63, 3.8) is 0 Å². The Balaban J connectivity index is 1.96. The Bertz CT molecular complexity index is 883. The van der Waals surface area contributed by atoms with E-state index in [0.717, 1.165) is 5.69 Å². The number of hydrogen-bond acceptors (Lipinski definition) is 6. The molecule has 1 N–H and O–H groups in total. The van der Waals surface area contributed by atoms with Crippen LogP contribution in [0.1, 0.15) is 0 Å². The summed E-state index contributed by atoms with van der Waals surface area (Å²) >= 11 is 0. The average Bonchev–Trinajstić information content (AvgIpc) is 2.61. The molecule has 0 saturated heterocycles. The second-order valence-corrected chi connectivity index (χ2v) is 7.25. The third-order valence-corrected chi connectivity index (χ3v) is 5.35. The predicted molar refractivity (Wildman–Crippen MR) is 95.6 cm³/mol. The van der Waals surface area contributed by atoms with Crippen LogP contribution >= 0.6 is 0 Å². The van der Waals surface area contributed by atoms with Gasteiger partial charge < -0.3 is 19.1 Å². The van der Waals surface area contributed by atoms with E-state index in [1.807, 2.05) is 11.9 Å². The summed E-state index contributed by atoms with van der Waals surface area (Å²) in [5, 5.41) is 0. The molecular formula is C17H20N2O5S. The first-order valence-corrected chi connectivity index (χ1v) is 9.16. The van der Waals surface area contributed by atoms with Crippen LogP contribution in [0.2, 0.25) is 0 Å². The second kappa shape index (κ2) is 6.72. The number of anilines is 2. The molecule has 0 fully saturated rings. The number of nitrogens with zero attached hydrogens (tertiary/aromatic N) is 1. The molecule has 2 aromatic carbocycles. The summed E-state index contributed by atoms with van der Waals surface area (Å²) in [5.41, 5.74) is 1.05. The van der Waals surface area contributed by atoms with Crippen LogP contribution < -0.4 is 23.8 Å². The molecule has 0 atom stereocenters. The smallest absolute Gasteiger partial charge is 0.262 e. The van der Waals surface area contributed by atoms with Crippen molar-refractivity contribution in [1.82, 2.24) is 0 Å². The van der Waals surface area contributed by atoms with Crippen LogP contribution in [-0.2, 0) is 10.0 Å². The van der Waals surface area contributed by atoms with E-state index in [9.17, 15) is 8.42 Å². The summed E-state index contributed by atoms with van der Waals surface area (Å²) in [6.07, 6.45) is 0. The fraction of sp³-hybridized carbons (Fsp3) is 0.294. The van der Waals surface area contributed by atoms with Crippen molar-refractivity contribution in [1.29, 1.82) is 0 Å². The molecular weight excluding hydrogens is 344 g/mol. The van der Waals surface area contributed by atoms with Gasteiger partial charge in [0.1, 0.15) is 23.9 Å². The summed E-state index contributed by atoms with van der Waals surface area (Å²) in [7, 11) is 1.09. The van der Waals surface area contributed by atoms with E-state index in [1.165, 1.54) is 20.3 Å². The maximum Gasteiger partial charge on any atom is 0.262 e. The first kappa shape index (κ1) is 17.2. The number of fused-ring (bicyclic) bond motifs is 1. The van der Waals surface area contributed by atoms with Crippen molar-refractivity contribution in [2.75, 3.05) is 44.0 Å². The third kappa shape index (κ3) is 3.43. The Morgan fingerprint density at radius 1 is 1.12 bits per heavy atom. The second-order valence-electron chi connectivity index (χ2n) is 5.57. The topological polar surface area (TPSA) is 77.1 Å². The van der Waals surface area contributed by atoms with Gasteiger partial charge in [-0.3, -0.25) is 4.72 Å². The van der Waals surface area contributed by atoms with Crippen molar-refractivity contribution < 1.29 is 22.6 Å². The van der Waals surface area contributed by atoms with Crippen molar-refractivity contribution in [3.05, 3.63) is 36.4 Å². The largest absolute Gasteiger partial charge is 0.497 e. The van der Waals surface area contributed by atoms with Crippen LogP contribution in [0.25, 0.3) is 0 Å². The van der Waals surface area contributed by atoms with Gasteiger partial charge in [-0.25, -0.2) is 8.42 Å². The first-order valence-electron chi connectivity index (χ1n) is 7.67. The van der Waals surface area contributed by atoms with Gasteiger partial charge in [-0.2, -0.15) is 0 Å². The van der Waals surface area contributed by atoms with Gasteiger partial charge in [0.25, 0.3) is 10.0 Å². The molecule has 0 spiro atoms. The summed E-state index contributed by atoms with van der Waals surface area (Å²) in [4.78, 5) is 2.11. The van der Waals surface area contributed by atoms with E-state index in [1.54, 1.807) is 30.3 Å². The molecule has 0 aromatic heterocycles. The third-order valence-electron chi connectivity index (χ3n) is 3.99. The minimum atomic E-state index is -3.80. The SMILES string of the molecule is COc1ccc(OC)c(NS(=O)(=O)c2ccc3c(c2)N(C)CCO3)c1. The van der Waals surface area contributed by atoms with Crippen molar-refractivity contribution in [2.24, 2.45) is 0 Å². The molecule has 134 valence electrons. The number of ether oxygens (including phenoxy) is 3. The minimum Gasteiger partial charge on any atom is -0.497 e. The Kier molecular flexibility index (Phi) is 4.63. The van der Waals surface area contributed by atoms with Gasteiger partial charge in [0.15, 0.2) is 0 Å². The quantitative estimate of drug-likeness (QED) is 0.877. The summed E-state index contributed by atoms with van der Waals surface area (Å²) in [6, 6.07) is 9.70. The monoisotopic (exact) mass is 364 g/mol. The van der Waals surface area contributed by atoms with Gasteiger partial charge in [0.2, 0.25) is 0 Å². The van der Waals surface area contributed by atoms with Crippen LogP contribution in [0.5, 0.6) is 17.2 Å². The Labute approximate surface area is 147 Å². The molecule has 0 saturated carbocycles. The van der Waals surface area contributed by atoms with Gasteiger partial charge in [-0.1, -0.05) is 0 Å². The van der Waals surface area contributed by atoms with Crippen LogP contribution in [-0.4, -0.2) is 42.8 Å². The van der Waals surface area contributed by atoms with E-state index in [0.29, 0.717) is 36.1 Å². The van der Waals surface area contributed by atoms with E-state index < -0.39 is 10.0 Å². The van der Waals surface area contributed by atoms with Crippen LogP contribution in [0.15, 0.2) is 41.3 Å². The molecule has 1 aliphatic heterocycles. The highest BCUT2D eigenvalue weighted by Gasteiger charge is 2.22. The Hall–Kier alpha value is -2.61. The normalized spacial score (nSPS) is 13.6. The molecule has 0 radical (unpaired) electrons. The molecule has 7 nitrogen and oxygen atoms in total. The molecule has 25 heavy (non-hydrogen) atoms. The van der Waals surface area contributed by atoms with Gasteiger partial charge in [0, 0.05) is 13.1 Å². The number of hydrogen-bond donors (Lipinski definition) is 1. The predicted octanol–water partition coefficient (Wildman–Crippen LogP) is 2.33. The standard InChI is InChI=1S/C17H20N2O5S/c1-19-8-9-24-17-7-5-13(11-15(17)19)25(20,21)18-14-10-12(22-2)4-6-16(14)23-3/h4-7,10-11,18H,8-9H2,1-3H3. The van der Waals surface area contributed by atoms with E-state index in [2.05, 4.69) is 4.72 Å². The molecule has 0 unspecified atom stereocenters. The number of benzene rings is 2. The lowest BCUT2D eigenvalue weighted by molar-refractivity contribution is 0.311. The Morgan fingerprint density at radius 2 is 1.92 bits per heavy atom. The highest BCUT2D eigenvalue weighted by atomic mass is 32.2. The van der Waals surface area contributed by atoms with Crippen LogP contribution in [0.3, 0.4) is 0 Å². The minimum absolute atomic E-state index is 0.147. The lowest BCUT2D eigenvalue weighted by Gasteiger charge is -2.28. The molecule has 0 bridgehead atoms. The van der Waals surface area contributed by atoms with Gasteiger partial charge in [-0.05, 0) is 30.3 Å². The molecule has 1 aliphatic rings. The van der Waals surface area contributed by atoms with Gasteiger partial charge in [-0.15, -0.1) is 0 Å². The molecule has 2 aromatic rings. The average molecular weight is 364 g/mol. The molecule has 8 heteroatoms. The fourth-order valence-electron chi connectivity index (χ4n) is 2.60. The summed E-state index contributed by atoms with van der Waals surface area (Å²) in [6.45, 7) is 1.28. The molecule has 0 amide bonds. The number of sulfonamides is 1.